The van der Waals surface area contributed by atoms with Gasteiger partial charge in [-0.25, -0.2) is 0 Å². The van der Waals surface area contributed by atoms with E-state index in [9.17, 15) is 0 Å². The van der Waals surface area contributed by atoms with Gasteiger partial charge >= 0.3 is 0 Å². The van der Waals surface area contributed by atoms with Crippen molar-refractivity contribution in [3.05, 3.63) is 60.7 Å². The molecule has 0 N–H and O–H groups in total. The topological polar surface area (TPSA) is 15.6 Å². The van der Waals surface area contributed by atoms with E-state index in [2.05, 4.69) is 112 Å². The number of rotatable bonds is 8. The first-order valence-corrected chi connectivity index (χ1v) is 18.7. The van der Waals surface area contributed by atoms with Gasteiger partial charge in [0.25, 0.3) is 0 Å². The average Bonchev–Trinajstić information content (AvgIpc) is 2.62. The van der Waals surface area contributed by atoms with E-state index in [0.717, 1.165) is 13.1 Å². The first-order valence-electron chi connectivity index (χ1n) is 10.1. The molecule has 148 valence electrons. The Hall–Kier alpha value is -0.936. The van der Waals surface area contributed by atoms with E-state index in [1.54, 1.807) is 0 Å². The SMILES string of the molecule is CCN(CC)[Si](C)(C)CP(=N[Si](C)(C)C)(c1ccccc1)c1ccccc1. The van der Waals surface area contributed by atoms with Crippen LogP contribution in [0, 0.1) is 0 Å². The Labute approximate surface area is 169 Å². The summed E-state index contributed by atoms with van der Waals surface area (Å²) in [7, 11) is -5.07. The third-order valence-corrected chi connectivity index (χ3v) is 18.4. The van der Waals surface area contributed by atoms with E-state index in [0.29, 0.717) is 0 Å². The maximum atomic E-state index is 5.78. The van der Waals surface area contributed by atoms with Crippen LogP contribution in [-0.2, 0) is 0 Å². The molecule has 27 heavy (non-hydrogen) atoms. The van der Waals surface area contributed by atoms with E-state index in [1.165, 1.54) is 16.4 Å². The first kappa shape index (κ1) is 22.4. The lowest BCUT2D eigenvalue weighted by Gasteiger charge is -2.41. The molecule has 0 atom stereocenters. The molecule has 0 saturated carbocycles. The van der Waals surface area contributed by atoms with Gasteiger partial charge in [-0.3, -0.25) is 0 Å². The minimum atomic E-state index is -1.82. The van der Waals surface area contributed by atoms with E-state index >= 15 is 0 Å². The van der Waals surface area contributed by atoms with Crippen molar-refractivity contribution in [2.45, 2.75) is 46.6 Å². The fraction of sp³-hybridized carbons (Fsp3) is 0.455. The highest BCUT2D eigenvalue weighted by molar-refractivity contribution is 7.83. The maximum Gasteiger partial charge on any atom is 0.171 e. The van der Waals surface area contributed by atoms with Gasteiger partial charge in [-0.1, -0.05) is 107 Å². The van der Waals surface area contributed by atoms with Crippen LogP contribution in [0.3, 0.4) is 0 Å². The molecule has 2 aromatic carbocycles. The third-order valence-electron chi connectivity index (χ3n) is 5.07. The maximum absolute atomic E-state index is 5.78. The molecule has 0 bridgehead atoms. The van der Waals surface area contributed by atoms with Gasteiger partial charge in [0.05, 0.1) is 0 Å². The number of nitrogens with zero attached hydrogens (tertiary/aromatic N) is 2. The Kier molecular flexibility index (Phi) is 7.49. The normalized spacial score (nSPS) is 13.0. The van der Waals surface area contributed by atoms with Crippen molar-refractivity contribution in [2.24, 2.45) is 4.41 Å². The van der Waals surface area contributed by atoms with Crippen molar-refractivity contribution in [1.82, 2.24) is 4.57 Å². The van der Waals surface area contributed by atoms with E-state index in [4.69, 9.17) is 4.41 Å². The van der Waals surface area contributed by atoms with Crippen LogP contribution >= 0.6 is 7.05 Å². The Balaban J connectivity index is 2.79. The summed E-state index contributed by atoms with van der Waals surface area (Å²) in [6, 6.07) is 22.4. The molecule has 0 amide bonds. The van der Waals surface area contributed by atoms with Crippen molar-refractivity contribution in [3.63, 3.8) is 0 Å². The van der Waals surface area contributed by atoms with Crippen LogP contribution in [0.4, 0.5) is 0 Å². The number of benzene rings is 2. The van der Waals surface area contributed by atoms with Crippen LogP contribution < -0.4 is 10.6 Å². The Morgan fingerprint density at radius 2 is 1.15 bits per heavy atom. The van der Waals surface area contributed by atoms with Crippen molar-refractivity contribution < 1.29 is 0 Å². The van der Waals surface area contributed by atoms with Crippen molar-refractivity contribution >= 4 is 34.1 Å². The molecule has 0 aliphatic heterocycles. The minimum Gasteiger partial charge on any atom is -0.329 e. The summed E-state index contributed by atoms with van der Waals surface area (Å²) in [6.45, 7) is 19.1. The summed E-state index contributed by atoms with van der Waals surface area (Å²) in [5.74, 6) is 1.22. The van der Waals surface area contributed by atoms with Crippen molar-refractivity contribution in [3.8, 4) is 0 Å². The monoisotopic (exact) mass is 416 g/mol. The van der Waals surface area contributed by atoms with Crippen LogP contribution in [0.2, 0.25) is 32.7 Å². The highest BCUT2D eigenvalue weighted by Crippen LogP contribution is 2.51. The highest BCUT2D eigenvalue weighted by atomic mass is 31.2. The molecule has 0 spiro atoms. The predicted octanol–water partition coefficient (Wildman–Crippen LogP) is 5.76. The molecule has 2 aromatic rings. The summed E-state index contributed by atoms with van der Waals surface area (Å²) in [5, 5.41) is 2.90. The zero-order valence-electron chi connectivity index (χ0n) is 18.2. The second kappa shape index (κ2) is 9.04. The third kappa shape index (κ3) is 5.54. The molecule has 0 heterocycles. The largest absolute Gasteiger partial charge is 0.329 e. The molecule has 0 fully saturated rings. The summed E-state index contributed by atoms with van der Waals surface area (Å²) in [4.78, 5) is 0. The zero-order valence-corrected chi connectivity index (χ0v) is 21.1. The molecule has 0 aliphatic carbocycles. The molecular formula is C22H37N2PSi2. The van der Waals surface area contributed by atoms with Crippen LogP contribution in [-0.4, -0.2) is 39.9 Å². The summed E-state index contributed by atoms with van der Waals surface area (Å²) < 4.78 is 8.50. The summed E-state index contributed by atoms with van der Waals surface area (Å²) in [5.41, 5.74) is 0. The van der Waals surface area contributed by atoms with Gasteiger partial charge in [-0.05, 0) is 29.5 Å². The molecule has 2 rings (SSSR count). The van der Waals surface area contributed by atoms with Crippen LogP contribution in [0.1, 0.15) is 13.8 Å². The fourth-order valence-corrected chi connectivity index (χ4v) is 20.1. The summed E-state index contributed by atoms with van der Waals surface area (Å²) >= 11 is 0. The van der Waals surface area contributed by atoms with Crippen molar-refractivity contribution in [1.29, 1.82) is 0 Å². The van der Waals surface area contributed by atoms with Crippen LogP contribution in [0.5, 0.6) is 0 Å². The smallest absolute Gasteiger partial charge is 0.171 e. The Bertz CT molecular complexity index is 720. The predicted molar refractivity (Wildman–Crippen MR) is 130 cm³/mol. The fourth-order valence-electron chi connectivity index (χ4n) is 4.08. The van der Waals surface area contributed by atoms with Gasteiger partial charge in [0.15, 0.2) is 8.24 Å². The minimum absolute atomic E-state index is 1.13. The zero-order chi connectivity index (χ0) is 20.1. The lowest BCUT2D eigenvalue weighted by molar-refractivity contribution is 0.469. The lowest BCUT2D eigenvalue weighted by Crippen LogP contribution is -2.53. The average molecular weight is 417 g/mol. The van der Waals surface area contributed by atoms with Crippen LogP contribution in [0.25, 0.3) is 0 Å². The van der Waals surface area contributed by atoms with Gasteiger partial charge in [0.2, 0.25) is 0 Å². The van der Waals surface area contributed by atoms with Gasteiger partial charge in [-0.2, -0.15) is 0 Å². The van der Waals surface area contributed by atoms with E-state index in [-0.39, 0.29) is 0 Å². The molecule has 2 nitrogen and oxygen atoms in total. The second-order valence-electron chi connectivity index (χ2n) is 8.85. The molecular weight excluding hydrogens is 379 g/mol. The number of hydrogen-bond donors (Lipinski definition) is 0. The molecule has 0 radical (unpaired) electrons. The van der Waals surface area contributed by atoms with E-state index < -0.39 is 23.5 Å². The molecule has 0 saturated heterocycles. The first-order chi connectivity index (χ1) is 12.6. The van der Waals surface area contributed by atoms with Gasteiger partial charge in [-0.15, -0.1) is 0 Å². The second-order valence-corrected chi connectivity index (χ2v) is 22.1. The van der Waals surface area contributed by atoms with Gasteiger partial charge in [0.1, 0.15) is 8.24 Å². The van der Waals surface area contributed by atoms with E-state index in [1.807, 2.05) is 0 Å². The van der Waals surface area contributed by atoms with Gasteiger partial charge in [0, 0.05) is 7.05 Å². The van der Waals surface area contributed by atoms with Gasteiger partial charge < -0.3 is 8.98 Å². The summed E-state index contributed by atoms with van der Waals surface area (Å²) in [6.07, 6.45) is 0. The van der Waals surface area contributed by atoms with Crippen molar-refractivity contribution in [2.75, 3.05) is 18.9 Å². The molecule has 0 aliphatic rings. The lowest BCUT2D eigenvalue weighted by atomic mass is 10.4. The Morgan fingerprint density at radius 1 is 0.741 bits per heavy atom. The Morgan fingerprint density at radius 3 is 1.48 bits per heavy atom. The highest BCUT2D eigenvalue weighted by Gasteiger charge is 2.38. The molecule has 0 aromatic heterocycles. The molecule has 5 heteroatoms. The van der Waals surface area contributed by atoms with Crippen LogP contribution in [0.15, 0.2) is 65.1 Å². The quantitative estimate of drug-likeness (QED) is 0.394. The molecule has 0 unspecified atom stereocenters. The standard InChI is InChI=1S/C22H37N2PSi2/c1-8-24(9-2)27(6,7)20-25(23-26(3,4)5,21-16-12-10-13-17-21)22-18-14-11-15-19-22/h10-19H,8-9,20H2,1-7H3. The number of hydrogen-bond acceptors (Lipinski definition) is 2.